The van der Waals surface area contributed by atoms with E-state index in [0.717, 1.165) is 31.3 Å². The van der Waals surface area contributed by atoms with E-state index in [1.165, 1.54) is 11.1 Å². The molecule has 0 unspecified atom stereocenters. The van der Waals surface area contributed by atoms with Gasteiger partial charge in [0.25, 0.3) is 0 Å². The van der Waals surface area contributed by atoms with Crippen molar-refractivity contribution >= 4 is 17.5 Å². The zero-order chi connectivity index (χ0) is 14.1. The fourth-order valence-electron chi connectivity index (χ4n) is 2.56. The number of rotatable bonds is 2. The topological polar surface area (TPSA) is 67.1 Å². The molecule has 0 fully saturated rings. The highest BCUT2D eigenvalue weighted by molar-refractivity contribution is 5.66. The van der Waals surface area contributed by atoms with Crippen LogP contribution < -0.4 is 16.2 Å². The summed E-state index contributed by atoms with van der Waals surface area (Å²) in [7, 11) is 0. The molecule has 0 atom stereocenters. The molecule has 20 heavy (non-hydrogen) atoms. The average Bonchev–Trinajstić information content (AvgIpc) is 2.47. The molecule has 2 aromatic rings. The van der Waals surface area contributed by atoms with Crippen LogP contribution in [-0.2, 0) is 6.42 Å². The molecule has 5 nitrogen and oxygen atoms in total. The SMILES string of the molecule is Cc1ccc2c(c1)CCCN2c1nc(NN)ncc1F. The molecule has 3 N–H and O–H groups in total. The second-order valence-corrected chi connectivity index (χ2v) is 4.90. The molecule has 1 aromatic heterocycles. The summed E-state index contributed by atoms with van der Waals surface area (Å²) in [6, 6.07) is 6.18. The highest BCUT2D eigenvalue weighted by Crippen LogP contribution is 2.34. The third-order valence-corrected chi connectivity index (χ3v) is 3.46. The van der Waals surface area contributed by atoms with Gasteiger partial charge < -0.3 is 4.90 Å². The lowest BCUT2D eigenvalue weighted by molar-refractivity contribution is 0.606. The van der Waals surface area contributed by atoms with Crippen LogP contribution in [0, 0.1) is 12.7 Å². The highest BCUT2D eigenvalue weighted by atomic mass is 19.1. The fourth-order valence-corrected chi connectivity index (χ4v) is 2.56. The predicted octanol–water partition coefficient (Wildman–Crippen LogP) is 2.29. The van der Waals surface area contributed by atoms with E-state index in [4.69, 9.17) is 5.84 Å². The molecule has 104 valence electrons. The van der Waals surface area contributed by atoms with Crippen LogP contribution in [0.3, 0.4) is 0 Å². The summed E-state index contributed by atoms with van der Waals surface area (Å²) in [5, 5.41) is 0. The lowest BCUT2D eigenvalue weighted by Crippen LogP contribution is -2.27. The summed E-state index contributed by atoms with van der Waals surface area (Å²) in [5.41, 5.74) is 5.78. The molecule has 0 spiro atoms. The Kier molecular flexibility index (Phi) is 3.23. The Morgan fingerprint density at radius 2 is 2.25 bits per heavy atom. The maximum absolute atomic E-state index is 14.0. The van der Waals surface area contributed by atoms with Crippen LogP contribution in [0.4, 0.5) is 21.8 Å². The lowest BCUT2D eigenvalue weighted by Gasteiger charge is -2.30. The number of hydrogen-bond donors (Lipinski definition) is 2. The first kappa shape index (κ1) is 12.8. The maximum atomic E-state index is 14.0. The summed E-state index contributed by atoms with van der Waals surface area (Å²) in [5.74, 6) is 5.32. The number of nitrogens with two attached hydrogens (primary N) is 1. The summed E-state index contributed by atoms with van der Waals surface area (Å²) >= 11 is 0. The first-order chi connectivity index (χ1) is 9.69. The number of aryl methyl sites for hydroxylation is 2. The zero-order valence-electron chi connectivity index (χ0n) is 11.2. The molecule has 0 aliphatic carbocycles. The molecule has 0 bridgehead atoms. The van der Waals surface area contributed by atoms with Gasteiger partial charge in [-0.2, -0.15) is 4.98 Å². The number of nitrogens with zero attached hydrogens (tertiary/aromatic N) is 3. The molecule has 1 aliphatic heterocycles. The molecular formula is C14H16FN5. The van der Waals surface area contributed by atoms with Crippen molar-refractivity contribution in [3.8, 4) is 0 Å². The molecule has 0 saturated heterocycles. The Morgan fingerprint density at radius 3 is 3.05 bits per heavy atom. The van der Waals surface area contributed by atoms with Crippen molar-refractivity contribution in [3.05, 3.63) is 41.3 Å². The van der Waals surface area contributed by atoms with Gasteiger partial charge in [-0.05, 0) is 31.4 Å². The third kappa shape index (κ3) is 2.18. The molecule has 0 amide bonds. The Balaban J connectivity index is 2.08. The lowest BCUT2D eigenvalue weighted by atomic mass is 9.99. The monoisotopic (exact) mass is 273 g/mol. The van der Waals surface area contributed by atoms with Crippen molar-refractivity contribution in [2.24, 2.45) is 5.84 Å². The van der Waals surface area contributed by atoms with Crippen LogP contribution in [-0.4, -0.2) is 16.5 Å². The number of aromatic nitrogens is 2. The van der Waals surface area contributed by atoms with Gasteiger partial charge in [-0.25, -0.2) is 15.2 Å². The van der Waals surface area contributed by atoms with Gasteiger partial charge in [0.05, 0.1) is 6.20 Å². The van der Waals surface area contributed by atoms with E-state index in [1.807, 2.05) is 17.0 Å². The quantitative estimate of drug-likeness (QED) is 0.649. The summed E-state index contributed by atoms with van der Waals surface area (Å²) < 4.78 is 14.0. The van der Waals surface area contributed by atoms with E-state index in [9.17, 15) is 4.39 Å². The largest absolute Gasteiger partial charge is 0.324 e. The van der Waals surface area contributed by atoms with Gasteiger partial charge in [0.15, 0.2) is 11.6 Å². The zero-order valence-corrected chi connectivity index (χ0v) is 11.2. The van der Waals surface area contributed by atoms with Gasteiger partial charge in [0.2, 0.25) is 5.95 Å². The molecule has 1 aromatic carbocycles. The number of benzene rings is 1. The van der Waals surface area contributed by atoms with Gasteiger partial charge in [-0.15, -0.1) is 0 Å². The van der Waals surface area contributed by atoms with E-state index in [2.05, 4.69) is 28.4 Å². The number of anilines is 3. The van der Waals surface area contributed by atoms with E-state index in [-0.39, 0.29) is 11.8 Å². The van der Waals surface area contributed by atoms with Gasteiger partial charge in [-0.1, -0.05) is 17.7 Å². The molecule has 0 radical (unpaired) electrons. The Bertz CT molecular complexity index is 643. The van der Waals surface area contributed by atoms with Gasteiger partial charge >= 0.3 is 0 Å². The first-order valence-electron chi connectivity index (χ1n) is 6.55. The Morgan fingerprint density at radius 1 is 1.40 bits per heavy atom. The smallest absolute Gasteiger partial charge is 0.239 e. The minimum absolute atomic E-state index is 0.209. The van der Waals surface area contributed by atoms with Crippen molar-refractivity contribution in [2.45, 2.75) is 19.8 Å². The van der Waals surface area contributed by atoms with E-state index in [1.54, 1.807) is 0 Å². The number of hydrazine groups is 1. The van der Waals surface area contributed by atoms with Gasteiger partial charge in [0.1, 0.15) is 0 Å². The van der Waals surface area contributed by atoms with E-state index in [0.29, 0.717) is 0 Å². The molecule has 0 saturated carbocycles. The molecular weight excluding hydrogens is 257 g/mol. The van der Waals surface area contributed by atoms with Crippen LogP contribution in [0.2, 0.25) is 0 Å². The predicted molar refractivity (Wildman–Crippen MR) is 76.3 cm³/mol. The van der Waals surface area contributed by atoms with Crippen LogP contribution in [0.5, 0.6) is 0 Å². The van der Waals surface area contributed by atoms with Crippen molar-refractivity contribution in [1.82, 2.24) is 9.97 Å². The first-order valence-corrected chi connectivity index (χ1v) is 6.55. The molecule has 6 heteroatoms. The number of nitrogens with one attached hydrogen (secondary N) is 1. The highest BCUT2D eigenvalue weighted by Gasteiger charge is 2.22. The van der Waals surface area contributed by atoms with E-state index >= 15 is 0 Å². The van der Waals surface area contributed by atoms with E-state index < -0.39 is 5.82 Å². The standard InChI is InChI=1S/C14H16FN5/c1-9-4-5-12-10(7-9)3-2-6-20(12)13-11(15)8-17-14(18-13)19-16/h4-5,7-8H,2-3,6,16H2,1H3,(H,17,18,19). The summed E-state index contributed by atoms with van der Waals surface area (Å²) in [6.45, 7) is 2.79. The fraction of sp³-hybridized carbons (Fsp3) is 0.286. The van der Waals surface area contributed by atoms with Crippen LogP contribution in [0.1, 0.15) is 17.5 Å². The van der Waals surface area contributed by atoms with Crippen LogP contribution in [0.15, 0.2) is 24.4 Å². The van der Waals surface area contributed by atoms with Gasteiger partial charge in [-0.3, -0.25) is 5.43 Å². The third-order valence-electron chi connectivity index (χ3n) is 3.46. The summed E-state index contributed by atoms with van der Waals surface area (Å²) in [6.07, 6.45) is 3.10. The number of hydrogen-bond acceptors (Lipinski definition) is 5. The maximum Gasteiger partial charge on any atom is 0.239 e. The Hall–Kier alpha value is -2.21. The van der Waals surface area contributed by atoms with Crippen LogP contribution >= 0.6 is 0 Å². The number of fused-ring (bicyclic) bond motifs is 1. The van der Waals surface area contributed by atoms with Crippen molar-refractivity contribution in [3.63, 3.8) is 0 Å². The van der Waals surface area contributed by atoms with Crippen molar-refractivity contribution in [1.29, 1.82) is 0 Å². The van der Waals surface area contributed by atoms with Crippen LogP contribution in [0.25, 0.3) is 0 Å². The Labute approximate surface area is 116 Å². The minimum Gasteiger partial charge on any atom is -0.324 e. The molecule has 3 rings (SSSR count). The van der Waals surface area contributed by atoms with Crippen molar-refractivity contribution < 1.29 is 4.39 Å². The second-order valence-electron chi connectivity index (χ2n) is 4.90. The number of nitrogen functional groups attached to an aromatic ring is 1. The minimum atomic E-state index is -0.447. The normalized spacial score (nSPS) is 14.1. The molecule has 1 aliphatic rings. The van der Waals surface area contributed by atoms with Gasteiger partial charge in [0, 0.05) is 12.2 Å². The number of halogens is 1. The van der Waals surface area contributed by atoms with Crippen molar-refractivity contribution in [2.75, 3.05) is 16.9 Å². The second kappa shape index (κ2) is 5.05. The average molecular weight is 273 g/mol. The molecule has 2 heterocycles. The summed E-state index contributed by atoms with van der Waals surface area (Å²) in [4.78, 5) is 9.80.